The topological polar surface area (TPSA) is 107 Å². The number of fused-ring (bicyclic) bond motifs is 1. The van der Waals surface area contributed by atoms with Crippen LogP contribution in [0, 0.1) is 6.92 Å². The van der Waals surface area contributed by atoms with Crippen LogP contribution in [0.2, 0.25) is 0 Å². The minimum Gasteiger partial charge on any atom is -0.376 e. The molecule has 32 heavy (non-hydrogen) atoms. The van der Waals surface area contributed by atoms with Crippen molar-refractivity contribution in [3.8, 4) is 0 Å². The van der Waals surface area contributed by atoms with Crippen LogP contribution in [0.4, 0.5) is 0 Å². The second kappa shape index (κ2) is 9.74. The molecule has 3 heterocycles. The SMILES string of the molecule is COC1[C@@H](COP(C)(=O)OCc2ccccc2)O[C@@H](n2cnc3c(C)ncnc32)[C@H]1OC. The van der Waals surface area contributed by atoms with Gasteiger partial charge in [0.2, 0.25) is 0 Å². The lowest BCUT2D eigenvalue weighted by atomic mass is 10.1. The Morgan fingerprint density at radius 2 is 1.81 bits per heavy atom. The molecule has 1 aliphatic rings. The first-order valence-electron chi connectivity index (χ1n) is 10.2. The standard InChI is InChI=1S/C21H27N4O6P/c1-14-17-20(23-12-22-14)25(13-24-17)21-19(28-3)18(27-2)16(31-21)11-30-32(4,26)29-10-15-8-6-5-7-9-15/h5-9,12-13,16,18-19,21H,10-11H2,1-4H3/t16-,18?,19+,21-,32?/m1/s1. The lowest BCUT2D eigenvalue weighted by Crippen LogP contribution is -2.36. The van der Waals surface area contributed by atoms with E-state index in [0.29, 0.717) is 11.2 Å². The van der Waals surface area contributed by atoms with Gasteiger partial charge in [-0.25, -0.2) is 15.0 Å². The summed E-state index contributed by atoms with van der Waals surface area (Å²) in [5, 5.41) is 0. The fourth-order valence-corrected chi connectivity index (χ4v) is 4.65. The van der Waals surface area contributed by atoms with Crippen molar-refractivity contribution in [3.05, 3.63) is 54.2 Å². The Morgan fingerprint density at radius 1 is 1.06 bits per heavy atom. The summed E-state index contributed by atoms with van der Waals surface area (Å²) in [5.74, 6) is 0. The van der Waals surface area contributed by atoms with Gasteiger partial charge in [-0.15, -0.1) is 0 Å². The third kappa shape index (κ3) is 4.76. The van der Waals surface area contributed by atoms with E-state index in [4.69, 9.17) is 23.3 Å². The van der Waals surface area contributed by atoms with Crippen LogP contribution >= 0.6 is 7.60 Å². The molecule has 3 aromatic rings. The van der Waals surface area contributed by atoms with Crippen molar-refractivity contribution in [1.82, 2.24) is 19.5 Å². The molecular formula is C21H27N4O6P. The van der Waals surface area contributed by atoms with Gasteiger partial charge in [0, 0.05) is 20.9 Å². The third-order valence-corrected chi connectivity index (χ3v) is 6.64. The van der Waals surface area contributed by atoms with Crippen molar-refractivity contribution in [2.75, 3.05) is 27.5 Å². The summed E-state index contributed by atoms with van der Waals surface area (Å²) in [6.45, 7) is 3.52. The minimum atomic E-state index is -3.32. The van der Waals surface area contributed by atoms with Gasteiger partial charge in [-0.1, -0.05) is 30.3 Å². The highest BCUT2D eigenvalue weighted by Crippen LogP contribution is 2.46. The van der Waals surface area contributed by atoms with Crippen molar-refractivity contribution >= 4 is 18.8 Å². The molecule has 0 aliphatic carbocycles. The lowest BCUT2D eigenvalue weighted by molar-refractivity contribution is -0.0569. The summed E-state index contributed by atoms with van der Waals surface area (Å²) >= 11 is 0. The van der Waals surface area contributed by atoms with Crippen LogP contribution in [-0.2, 0) is 34.4 Å². The molecule has 10 nitrogen and oxygen atoms in total. The number of benzene rings is 1. The molecule has 0 bridgehead atoms. The van der Waals surface area contributed by atoms with Gasteiger partial charge >= 0.3 is 7.60 Å². The number of nitrogens with zero attached hydrogens (tertiary/aromatic N) is 4. The van der Waals surface area contributed by atoms with Crippen molar-refractivity contribution in [2.24, 2.45) is 0 Å². The van der Waals surface area contributed by atoms with E-state index in [9.17, 15) is 4.57 Å². The largest absolute Gasteiger partial charge is 0.376 e. The van der Waals surface area contributed by atoms with Gasteiger partial charge in [0.1, 0.15) is 30.2 Å². The predicted octanol–water partition coefficient (Wildman–Crippen LogP) is 3.12. The Kier molecular flexibility index (Phi) is 6.99. The first-order valence-corrected chi connectivity index (χ1v) is 12.2. The summed E-state index contributed by atoms with van der Waals surface area (Å²) < 4.78 is 43.4. The van der Waals surface area contributed by atoms with Gasteiger partial charge in [0.15, 0.2) is 11.9 Å². The number of hydrogen-bond acceptors (Lipinski definition) is 9. The maximum absolute atomic E-state index is 12.8. The van der Waals surface area contributed by atoms with Crippen LogP contribution in [0.25, 0.3) is 11.2 Å². The van der Waals surface area contributed by atoms with Crippen LogP contribution in [0.3, 0.4) is 0 Å². The van der Waals surface area contributed by atoms with Gasteiger partial charge in [0.25, 0.3) is 0 Å². The smallest absolute Gasteiger partial charge is 0.328 e. The van der Waals surface area contributed by atoms with Crippen LogP contribution in [-0.4, -0.2) is 65.3 Å². The summed E-state index contributed by atoms with van der Waals surface area (Å²) in [6, 6.07) is 9.50. The van der Waals surface area contributed by atoms with Gasteiger partial charge < -0.3 is 23.3 Å². The molecule has 4 rings (SSSR count). The molecule has 0 N–H and O–H groups in total. The van der Waals surface area contributed by atoms with E-state index < -0.39 is 32.1 Å². The molecule has 0 saturated carbocycles. The summed E-state index contributed by atoms with van der Waals surface area (Å²) in [7, 11) is -0.156. The second-order valence-corrected chi connectivity index (χ2v) is 9.63. The van der Waals surface area contributed by atoms with Crippen molar-refractivity contribution in [3.63, 3.8) is 0 Å². The molecule has 5 atom stereocenters. The number of aryl methyl sites for hydroxylation is 1. The number of methoxy groups -OCH3 is 2. The molecule has 0 radical (unpaired) electrons. The molecule has 1 aromatic carbocycles. The van der Waals surface area contributed by atoms with E-state index >= 15 is 0 Å². The Morgan fingerprint density at radius 3 is 2.53 bits per heavy atom. The van der Waals surface area contributed by atoms with Crippen molar-refractivity contribution < 1.29 is 27.8 Å². The molecule has 1 fully saturated rings. The molecular weight excluding hydrogens is 435 g/mol. The van der Waals surface area contributed by atoms with Gasteiger partial charge in [-0.05, 0) is 12.5 Å². The highest BCUT2D eigenvalue weighted by molar-refractivity contribution is 7.52. The van der Waals surface area contributed by atoms with Gasteiger partial charge in [0.05, 0.1) is 25.2 Å². The molecule has 2 aromatic heterocycles. The van der Waals surface area contributed by atoms with Gasteiger partial charge in [-0.2, -0.15) is 0 Å². The average molecular weight is 462 g/mol. The molecule has 2 unspecified atom stereocenters. The van der Waals surface area contributed by atoms with Crippen molar-refractivity contribution in [1.29, 1.82) is 0 Å². The predicted molar refractivity (Wildman–Crippen MR) is 116 cm³/mol. The monoisotopic (exact) mass is 462 g/mol. The maximum atomic E-state index is 12.8. The molecule has 1 aliphatic heterocycles. The summed E-state index contributed by atoms with van der Waals surface area (Å²) in [6.07, 6.45) is 1.12. The first kappa shape index (κ1) is 23.0. The lowest BCUT2D eigenvalue weighted by Gasteiger charge is -2.22. The van der Waals surface area contributed by atoms with Crippen LogP contribution < -0.4 is 0 Å². The molecule has 11 heteroatoms. The molecule has 172 valence electrons. The van der Waals surface area contributed by atoms with E-state index in [-0.39, 0.29) is 13.2 Å². The average Bonchev–Trinajstić information content (AvgIpc) is 3.38. The molecule has 0 amide bonds. The van der Waals surface area contributed by atoms with E-state index in [1.54, 1.807) is 25.1 Å². The van der Waals surface area contributed by atoms with Gasteiger partial charge in [-0.3, -0.25) is 9.13 Å². The normalized spacial score (nSPS) is 25.2. The van der Waals surface area contributed by atoms with Crippen LogP contribution in [0.5, 0.6) is 0 Å². The Hall–Kier alpha value is -2.20. The molecule has 1 saturated heterocycles. The minimum absolute atomic E-state index is 0.0120. The van der Waals surface area contributed by atoms with Crippen LogP contribution in [0.15, 0.2) is 43.0 Å². The zero-order valence-electron chi connectivity index (χ0n) is 18.5. The number of hydrogen-bond donors (Lipinski definition) is 0. The number of imidazole rings is 1. The Labute approximate surface area is 186 Å². The third-order valence-electron chi connectivity index (χ3n) is 5.43. The quantitative estimate of drug-likeness (QED) is 0.443. The molecule has 0 spiro atoms. The Balaban J connectivity index is 1.47. The highest BCUT2D eigenvalue weighted by Gasteiger charge is 2.47. The van der Waals surface area contributed by atoms with E-state index in [2.05, 4.69) is 15.0 Å². The number of rotatable bonds is 9. The van der Waals surface area contributed by atoms with E-state index in [0.717, 1.165) is 11.3 Å². The second-order valence-electron chi connectivity index (χ2n) is 7.57. The number of ether oxygens (including phenoxy) is 3. The zero-order valence-corrected chi connectivity index (χ0v) is 19.3. The zero-order chi connectivity index (χ0) is 22.7. The fraction of sp³-hybridized carbons (Fsp3) is 0.476. The highest BCUT2D eigenvalue weighted by atomic mass is 31.2. The summed E-state index contributed by atoms with van der Waals surface area (Å²) in [5.41, 5.74) is 3.00. The fourth-order valence-electron chi connectivity index (χ4n) is 3.77. The number of aromatic nitrogens is 4. The van der Waals surface area contributed by atoms with E-state index in [1.165, 1.54) is 13.0 Å². The summed E-state index contributed by atoms with van der Waals surface area (Å²) in [4.78, 5) is 12.9. The van der Waals surface area contributed by atoms with E-state index in [1.807, 2.05) is 37.3 Å². The van der Waals surface area contributed by atoms with Crippen LogP contribution in [0.1, 0.15) is 17.5 Å². The first-order chi connectivity index (χ1) is 15.4. The Bertz CT molecular complexity index is 1090. The maximum Gasteiger partial charge on any atom is 0.328 e. The van der Waals surface area contributed by atoms with Crippen molar-refractivity contribution in [2.45, 2.75) is 38.1 Å².